The van der Waals surface area contributed by atoms with Gasteiger partial charge < -0.3 is 24.8 Å². The van der Waals surface area contributed by atoms with Crippen LogP contribution < -0.4 is 15.0 Å². The highest BCUT2D eigenvalue weighted by Gasteiger charge is 2.62. The van der Waals surface area contributed by atoms with Gasteiger partial charge in [-0.15, -0.1) is 0 Å². The number of fused-ring (bicyclic) bond motifs is 2. The molecule has 10 rings (SSSR count). The van der Waals surface area contributed by atoms with Gasteiger partial charge in [0.15, 0.2) is 0 Å². The highest BCUT2D eigenvalue weighted by Crippen LogP contribution is 2.58. The Bertz CT molecular complexity index is 1750. The lowest BCUT2D eigenvalue weighted by atomic mass is 9.48. The van der Waals surface area contributed by atoms with Crippen molar-refractivity contribution >= 4 is 23.5 Å². The summed E-state index contributed by atoms with van der Waals surface area (Å²) in [7, 11) is 0. The lowest BCUT2D eigenvalue weighted by Crippen LogP contribution is -2.70. The maximum atomic E-state index is 15.4. The molecule has 2 aromatic rings. The lowest BCUT2D eigenvalue weighted by molar-refractivity contribution is -0.163. The average Bonchev–Trinajstić information content (AvgIpc) is 3.40. The van der Waals surface area contributed by atoms with E-state index in [0.29, 0.717) is 82.8 Å². The molecule has 1 aromatic heterocycles. The second-order valence-electron chi connectivity index (χ2n) is 17.2. The topological polar surface area (TPSA) is 117 Å². The van der Waals surface area contributed by atoms with Crippen molar-refractivity contribution in [3.8, 4) is 5.75 Å². The van der Waals surface area contributed by atoms with Crippen molar-refractivity contribution < 1.29 is 41.7 Å². The predicted molar refractivity (Wildman–Crippen MR) is 185 cm³/mol. The monoisotopic (exact) mass is 741 g/mol. The van der Waals surface area contributed by atoms with Crippen molar-refractivity contribution in [1.29, 1.82) is 0 Å². The van der Waals surface area contributed by atoms with Crippen molar-refractivity contribution in [3.05, 3.63) is 41.2 Å². The number of hydrogen-bond acceptors (Lipinski definition) is 8. The van der Waals surface area contributed by atoms with E-state index in [1.54, 1.807) is 0 Å². The fourth-order valence-electron chi connectivity index (χ4n) is 11.4. The molecule has 1 aromatic carbocycles. The predicted octanol–water partition coefficient (Wildman–Crippen LogP) is 6.44. The summed E-state index contributed by atoms with van der Waals surface area (Å²) >= 11 is 0. The number of carboxylic acids is 1. The lowest BCUT2D eigenvalue weighted by Gasteiger charge is -2.59. The summed E-state index contributed by atoms with van der Waals surface area (Å²) in [6, 6.07) is 5.94. The number of carboxylic acid groups (broad SMARTS) is 1. The summed E-state index contributed by atoms with van der Waals surface area (Å²) in [5.74, 6) is -6.95. The van der Waals surface area contributed by atoms with Gasteiger partial charge in [-0.25, -0.2) is 23.5 Å². The van der Waals surface area contributed by atoms with E-state index in [1.165, 1.54) is 0 Å². The smallest absolute Gasteiger partial charge is 0.330 e. The quantitative estimate of drug-likeness (QED) is 0.295. The van der Waals surface area contributed by atoms with Gasteiger partial charge in [-0.2, -0.15) is 8.78 Å². The molecule has 2 saturated heterocycles. The SMILES string of the molecule is CC(F)(F)c1nc(N2CC3(CCOCC3)c3cc(OC4CCC(N5CC(F)(F)C5)CC4)ccc32)ncc1C(=O)NC1(C(=O)O)C2CC3CC(C2)CC1C3. The minimum Gasteiger partial charge on any atom is -0.490 e. The number of hydrogen-bond donors (Lipinski definition) is 2. The zero-order chi connectivity index (χ0) is 36.9. The Balaban J connectivity index is 0.976. The molecule has 2 N–H and O–H groups in total. The number of likely N-dealkylation sites (tertiary alicyclic amines) is 1. The van der Waals surface area contributed by atoms with Crippen molar-refractivity contribution in [2.75, 3.05) is 37.7 Å². The number of aliphatic carboxylic acids is 1. The molecule has 0 atom stereocenters. The number of aromatic nitrogens is 2. The van der Waals surface area contributed by atoms with Crippen LogP contribution in [0.4, 0.5) is 29.2 Å². The van der Waals surface area contributed by atoms with Crippen LogP contribution in [0.1, 0.15) is 99.2 Å². The van der Waals surface area contributed by atoms with Crippen molar-refractivity contribution in [3.63, 3.8) is 0 Å². The standard InChI is InChI=1S/C39H47F4N5O5/c1-36(40,41)32-29(33(49)46-39(34(50)51)24-13-22-12-23(15-24)16-25(39)14-22)18-44-35(45-32)48-19-37(8-10-52-11-9-37)30-17-28(6-7-31(30)48)53-27-4-2-26(3-5-27)47-20-38(42,43)21-47/h6-7,17-18,22-27H,2-5,8-16,19-21H2,1H3,(H,46,49)(H,50,51). The molecule has 0 unspecified atom stereocenters. The molecule has 1 amide bonds. The molecule has 5 saturated carbocycles. The molecule has 3 aliphatic heterocycles. The van der Waals surface area contributed by atoms with E-state index in [-0.39, 0.29) is 48.4 Å². The van der Waals surface area contributed by atoms with Gasteiger partial charge in [0.05, 0.1) is 24.8 Å². The maximum absolute atomic E-state index is 15.4. The summed E-state index contributed by atoms with van der Waals surface area (Å²) < 4.78 is 69.9. The second-order valence-corrected chi connectivity index (χ2v) is 17.2. The van der Waals surface area contributed by atoms with E-state index >= 15 is 8.78 Å². The van der Waals surface area contributed by atoms with Gasteiger partial charge in [-0.3, -0.25) is 9.69 Å². The molecule has 1 spiro atoms. The van der Waals surface area contributed by atoms with E-state index in [4.69, 9.17) is 9.47 Å². The first kappa shape index (κ1) is 35.2. The molecule has 14 heteroatoms. The fourth-order valence-corrected chi connectivity index (χ4v) is 11.4. The molecular formula is C39H47F4N5O5. The minimum atomic E-state index is -3.52. The molecular weight excluding hydrogens is 694 g/mol. The highest BCUT2D eigenvalue weighted by atomic mass is 19.3. The molecule has 286 valence electrons. The third kappa shape index (κ3) is 5.97. The number of carbonyl (C=O) groups excluding carboxylic acids is 1. The molecule has 7 fully saturated rings. The Morgan fingerprint density at radius 2 is 1.64 bits per heavy atom. The molecule has 4 heterocycles. The number of ether oxygens (including phenoxy) is 2. The fraction of sp³-hybridized carbons (Fsp3) is 0.692. The van der Waals surface area contributed by atoms with Crippen molar-refractivity contribution in [1.82, 2.24) is 20.2 Å². The van der Waals surface area contributed by atoms with Crippen LogP contribution in [0.2, 0.25) is 0 Å². The average molecular weight is 742 g/mol. The summed E-state index contributed by atoms with van der Waals surface area (Å²) in [5, 5.41) is 13.3. The third-order valence-electron chi connectivity index (χ3n) is 13.9. The van der Waals surface area contributed by atoms with E-state index < -0.39 is 40.5 Å². The van der Waals surface area contributed by atoms with Gasteiger partial charge >= 0.3 is 5.97 Å². The van der Waals surface area contributed by atoms with Gasteiger partial charge in [0.25, 0.3) is 17.8 Å². The largest absolute Gasteiger partial charge is 0.490 e. The number of nitrogens with zero attached hydrogens (tertiary/aromatic N) is 4. The zero-order valence-corrected chi connectivity index (χ0v) is 30.0. The number of amides is 1. The summed E-state index contributed by atoms with van der Waals surface area (Å²) in [5.41, 5.74) is -1.26. The first-order valence-corrected chi connectivity index (χ1v) is 19.3. The van der Waals surface area contributed by atoms with Crippen molar-refractivity contribution in [2.24, 2.45) is 23.7 Å². The Morgan fingerprint density at radius 1 is 0.981 bits per heavy atom. The number of benzene rings is 1. The maximum Gasteiger partial charge on any atom is 0.330 e. The van der Waals surface area contributed by atoms with Gasteiger partial charge in [0.1, 0.15) is 17.0 Å². The first-order chi connectivity index (χ1) is 25.2. The summed E-state index contributed by atoms with van der Waals surface area (Å²) in [6.45, 7) is 1.85. The molecule has 53 heavy (non-hydrogen) atoms. The minimum absolute atomic E-state index is 0.0359. The number of halogens is 4. The van der Waals surface area contributed by atoms with E-state index in [2.05, 4.69) is 15.3 Å². The van der Waals surface area contributed by atoms with Gasteiger partial charge in [-0.05, 0) is 118 Å². The van der Waals surface area contributed by atoms with Crippen LogP contribution in [0.5, 0.6) is 5.75 Å². The molecule has 8 aliphatic rings. The second kappa shape index (κ2) is 12.5. The third-order valence-corrected chi connectivity index (χ3v) is 13.9. The zero-order valence-electron chi connectivity index (χ0n) is 30.0. The van der Waals surface area contributed by atoms with E-state index in [1.807, 2.05) is 28.0 Å². The number of carbonyl (C=O) groups is 2. The van der Waals surface area contributed by atoms with Crippen molar-refractivity contribution in [2.45, 2.75) is 112 Å². The van der Waals surface area contributed by atoms with Crippen LogP contribution in [0.15, 0.2) is 24.4 Å². The van der Waals surface area contributed by atoms with Crippen LogP contribution in [0.3, 0.4) is 0 Å². The number of nitrogens with one attached hydrogen (secondary N) is 1. The summed E-state index contributed by atoms with van der Waals surface area (Å²) in [4.78, 5) is 39.4. The van der Waals surface area contributed by atoms with Crippen LogP contribution in [0.25, 0.3) is 0 Å². The number of alkyl halides is 4. The highest BCUT2D eigenvalue weighted by molar-refractivity contribution is 5.99. The summed E-state index contributed by atoms with van der Waals surface area (Å²) in [6.07, 6.45) is 9.57. The van der Waals surface area contributed by atoms with Crippen LogP contribution in [0, 0.1) is 23.7 Å². The van der Waals surface area contributed by atoms with Gasteiger partial charge in [0, 0.05) is 50.0 Å². The van der Waals surface area contributed by atoms with Crippen LogP contribution in [-0.4, -0.2) is 88.3 Å². The van der Waals surface area contributed by atoms with E-state index in [9.17, 15) is 23.5 Å². The Kier molecular flexibility index (Phi) is 8.31. The first-order valence-electron chi connectivity index (χ1n) is 19.3. The van der Waals surface area contributed by atoms with Gasteiger partial charge in [0.2, 0.25) is 5.95 Å². The van der Waals surface area contributed by atoms with Gasteiger partial charge in [-0.1, -0.05) is 0 Å². The Labute approximate surface area is 306 Å². The number of rotatable bonds is 8. The normalized spacial score (nSPS) is 34.1. The molecule has 4 bridgehead atoms. The molecule has 5 aliphatic carbocycles. The molecule has 10 nitrogen and oxygen atoms in total. The number of anilines is 2. The van der Waals surface area contributed by atoms with E-state index in [0.717, 1.165) is 49.6 Å². The van der Waals surface area contributed by atoms with Crippen LogP contribution in [-0.2, 0) is 20.9 Å². The Morgan fingerprint density at radius 3 is 2.25 bits per heavy atom. The van der Waals surface area contributed by atoms with Crippen LogP contribution >= 0.6 is 0 Å². The molecule has 0 radical (unpaired) electrons. The Hall–Kier alpha value is -3.52.